The molecule has 2 heterocycles. The highest BCUT2D eigenvalue weighted by Gasteiger charge is 2.49. The van der Waals surface area contributed by atoms with Crippen molar-refractivity contribution in [2.24, 2.45) is 4.99 Å². The Labute approximate surface area is 199 Å². The van der Waals surface area contributed by atoms with Crippen LogP contribution in [0.2, 0.25) is 0 Å². The van der Waals surface area contributed by atoms with Gasteiger partial charge in [0.05, 0.1) is 31.1 Å². The number of nitrogens with zero attached hydrogens (tertiary/aromatic N) is 3. The van der Waals surface area contributed by atoms with Gasteiger partial charge in [-0.2, -0.15) is 4.99 Å². The summed E-state index contributed by atoms with van der Waals surface area (Å²) >= 11 is 1.40. The van der Waals surface area contributed by atoms with Gasteiger partial charge in [-0.15, -0.1) is 0 Å². The molecule has 2 atom stereocenters. The number of carbonyl (C=O) groups is 1. The third kappa shape index (κ3) is 5.19. The lowest BCUT2D eigenvalue weighted by atomic mass is 10.1. The van der Waals surface area contributed by atoms with Crippen molar-refractivity contribution in [3.05, 3.63) is 54.1 Å². The maximum Gasteiger partial charge on any atom is 0.252 e. The van der Waals surface area contributed by atoms with E-state index in [0.29, 0.717) is 5.17 Å². The zero-order valence-electron chi connectivity index (χ0n) is 19.1. The number of amidine groups is 1. The van der Waals surface area contributed by atoms with Gasteiger partial charge < -0.3 is 14.5 Å². The van der Waals surface area contributed by atoms with E-state index >= 15 is 0 Å². The minimum atomic E-state index is -3.11. The van der Waals surface area contributed by atoms with Crippen LogP contribution in [0.15, 0.2) is 53.5 Å². The standard InChI is InChI=1S/C24H29N3O4S2/c1-4-26(5-2)18-8-10-19(11-9-18)27-21-15-33(29,30)16-22(21)32-24(27)25-23(28)14-17-6-12-20(31-3)13-7-17/h6-13,21-22H,4-5,14-16H2,1-3H3/t21-,22-/m0/s1. The van der Waals surface area contributed by atoms with Crippen molar-refractivity contribution in [2.75, 3.05) is 41.5 Å². The van der Waals surface area contributed by atoms with E-state index < -0.39 is 9.84 Å². The predicted molar refractivity (Wildman–Crippen MR) is 135 cm³/mol. The Hall–Kier alpha value is -2.52. The Bertz CT molecular complexity index is 1130. The van der Waals surface area contributed by atoms with Gasteiger partial charge in [-0.3, -0.25) is 4.79 Å². The molecular weight excluding hydrogens is 458 g/mol. The lowest BCUT2D eigenvalue weighted by Crippen LogP contribution is -2.37. The van der Waals surface area contributed by atoms with E-state index in [1.807, 2.05) is 53.4 Å². The first-order chi connectivity index (χ1) is 15.8. The number of thioether (sulfide) groups is 1. The number of anilines is 2. The molecule has 0 N–H and O–H groups in total. The topological polar surface area (TPSA) is 79.3 Å². The molecule has 2 aromatic carbocycles. The van der Waals surface area contributed by atoms with Crippen LogP contribution >= 0.6 is 11.8 Å². The van der Waals surface area contributed by atoms with Crippen molar-refractivity contribution in [1.29, 1.82) is 0 Å². The van der Waals surface area contributed by atoms with Crippen molar-refractivity contribution in [3.8, 4) is 5.75 Å². The highest BCUT2D eigenvalue weighted by molar-refractivity contribution is 8.16. The molecule has 2 saturated heterocycles. The van der Waals surface area contributed by atoms with Crippen molar-refractivity contribution in [1.82, 2.24) is 0 Å². The number of amides is 1. The molecule has 2 aliphatic rings. The largest absolute Gasteiger partial charge is 0.497 e. The van der Waals surface area contributed by atoms with Gasteiger partial charge in [0.2, 0.25) is 0 Å². The number of benzene rings is 2. The molecule has 7 nitrogen and oxygen atoms in total. The molecule has 0 aromatic heterocycles. The zero-order valence-corrected chi connectivity index (χ0v) is 20.7. The minimum Gasteiger partial charge on any atom is -0.497 e. The Morgan fingerprint density at radius 1 is 1.09 bits per heavy atom. The summed E-state index contributed by atoms with van der Waals surface area (Å²) < 4.78 is 29.8. The van der Waals surface area contributed by atoms with Gasteiger partial charge in [0.15, 0.2) is 15.0 Å². The molecule has 0 spiro atoms. The van der Waals surface area contributed by atoms with E-state index in [4.69, 9.17) is 4.74 Å². The van der Waals surface area contributed by atoms with Crippen LogP contribution in [0.5, 0.6) is 5.75 Å². The first kappa shape index (κ1) is 23.6. The van der Waals surface area contributed by atoms with E-state index in [1.54, 1.807) is 7.11 Å². The number of rotatable bonds is 7. The molecule has 2 aromatic rings. The van der Waals surface area contributed by atoms with Crippen molar-refractivity contribution in [3.63, 3.8) is 0 Å². The van der Waals surface area contributed by atoms with E-state index in [0.717, 1.165) is 35.8 Å². The van der Waals surface area contributed by atoms with E-state index in [2.05, 4.69) is 23.7 Å². The number of sulfone groups is 1. The summed E-state index contributed by atoms with van der Waals surface area (Å²) in [6.45, 7) is 6.04. The molecule has 2 aliphatic heterocycles. The second-order valence-electron chi connectivity index (χ2n) is 8.17. The Morgan fingerprint density at radius 3 is 2.36 bits per heavy atom. The van der Waals surface area contributed by atoms with Crippen LogP contribution in [-0.2, 0) is 21.1 Å². The van der Waals surface area contributed by atoms with Gasteiger partial charge >= 0.3 is 0 Å². The molecule has 0 aliphatic carbocycles. The summed E-state index contributed by atoms with van der Waals surface area (Å²) in [6, 6.07) is 15.2. The summed E-state index contributed by atoms with van der Waals surface area (Å²) in [7, 11) is -1.50. The van der Waals surface area contributed by atoms with E-state index in [1.165, 1.54) is 11.8 Å². The van der Waals surface area contributed by atoms with Gasteiger partial charge in [0.25, 0.3) is 5.91 Å². The van der Waals surface area contributed by atoms with Crippen LogP contribution in [0.4, 0.5) is 11.4 Å². The maximum absolute atomic E-state index is 12.8. The summed E-state index contributed by atoms with van der Waals surface area (Å²) in [5, 5.41) is 0.457. The molecule has 0 unspecified atom stereocenters. The average molecular weight is 488 g/mol. The highest BCUT2D eigenvalue weighted by atomic mass is 32.2. The molecule has 176 valence electrons. The Kier molecular flexibility index (Phi) is 6.99. The average Bonchev–Trinajstić information content (AvgIpc) is 3.26. The predicted octanol–water partition coefficient (Wildman–Crippen LogP) is 3.39. The fourth-order valence-corrected chi connectivity index (χ4v) is 8.27. The quantitative estimate of drug-likeness (QED) is 0.592. The first-order valence-corrected chi connectivity index (χ1v) is 13.8. The number of aliphatic imine (C=N–C) groups is 1. The Morgan fingerprint density at radius 2 is 1.76 bits per heavy atom. The third-order valence-corrected chi connectivity index (χ3v) is 9.27. The minimum absolute atomic E-state index is 0.0775. The van der Waals surface area contributed by atoms with Gasteiger partial charge in [-0.25, -0.2) is 8.42 Å². The van der Waals surface area contributed by atoms with Gasteiger partial charge in [0, 0.05) is 29.7 Å². The normalized spacial score (nSPS) is 22.4. The smallest absolute Gasteiger partial charge is 0.252 e. The number of methoxy groups -OCH3 is 1. The second kappa shape index (κ2) is 9.77. The lowest BCUT2D eigenvalue weighted by molar-refractivity contribution is -0.117. The molecular formula is C24H29N3O4S2. The molecule has 9 heteroatoms. The van der Waals surface area contributed by atoms with Gasteiger partial charge in [-0.1, -0.05) is 23.9 Å². The summed E-state index contributed by atoms with van der Waals surface area (Å²) in [4.78, 5) is 21.4. The molecule has 0 saturated carbocycles. The third-order valence-electron chi connectivity index (χ3n) is 6.06. The van der Waals surface area contributed by atoms with E-state index in [-0.39, 0.29) is 35.1 Å². The van der Waals surface area contributed by atoms with E-state index in [9.17, 15) is 13.2 Å². The number of ether oxygens (including phenoxy) is 1. The maximum atomic E-state index is 12.8. The fraction of sp³-hybridized carbons (Fsp3) is 0.417. The number of carbonyl (C=O) groups excluding carboxylic acids is 1. The highest BCUT2D eigenvalue weighted by Crippen LogP contribution is 2.41. The summed E-state index contributed by atoms with van der Waals surface area (Å²) in [6.07, 6.45) is 0.177. The second-order valence-corrected chi connectivity index (χ2v) is 11.5. The van der Waals surface area contributed by atoms with Crippen LogP contribution < -0.4 is 14.5 Å². The number of fused-ring (bicyclic) bond motifs is 1. The van der Waals surface area contributed by atoms with Gasteiger partial charge in [-0.05, 0) is 55.8 Å². The van der Waals surface area contributed by atoms with Crippen molar-refractivity contribution >= 4 is 44.0 Å². The summed E-state index contributed by atoms with van der Waals surface area (Å²) in [5.74, 6) is 0.670. The molecule has 1 amide bonds. The summed E-state index contributed by atoms with van der Waals surface area (Å²) in [5.41, 5.74) is 2.82. The fourth-order valence-electron chi connectivity index (χ4n) is 4.34. The molecule has 0 bridgehead atoms. The number of hydrogen-bond acceptors (Lipinski definition) is 6. The van der Waals surface area contributed by atoms with Crippen LogP contribution in [0.3, 0.4) is 0 Å². The first-order valence-electron chi connectivity index (χ1n) is 11.1. The zero-order chi connectivity index (χ0) is 23.6. The molecule has 0 radical (unpaired) electrons. The molecule has 2 fully saturated rings. The molecule has 33 heavy (non-hydrogen) atoms. The molecule has 4 rings (SSSR count). The van der Waals surface area contributed by atoms with Crippen LogP contribution in [0.1, 0.15) is 19.4 Å². The Balaban J connectivity index is 1.60. The SMILES string of the molecule is CCN(CC)c1ccc(N2C(=NC(=O)Cc3ccc(OC)cc3)S[C@H]3CS(=O)(=O)C[C@@H]32)cc1. The van der Waals surface area contributed by atoms with Crippen LogP contribution in [0.25, 0.3) is 0 Å². The lowest BCUT2D eigenvalue weighted by Gasteiger charge is -2.26. The van der Waals surface area contributed by atoms with Crippen molar-refractivity contribution in [2.45, 2.75) is 31.6 Å². The number of hydrogen-bond donors (Lipinski definition) is 0. The van der Waals surface area contributed by atoms with Crippen LogP contribution in [0, 0.1) is 0 Å². The van der Waals surface area contributed by atoms with Crippen LogP contribution in [-0.4, -0.2) is 62.5 Å². The monoisotopic (exact) mass is 487 g/mol. The van der Waals surface area contributed by atoms with Gasteiger partial charge in [0.1, 0.15) is 5.75 Å². The van der Waals surface area contributed by atoms with Crippen molar-refractivity contribution < 1.29 is 17.9 Å².